The molecule has 0 unspecified atom stereocenters. The molecule has 3 aromatic rings. The Bertz CT molecular complexity index is 1400. The Morgan fingerprint density at radius 2 is 1.79 bits per heavy atom. The summed E-state index contributed by atoms with van der Waals surface area (Å²) in [5, 5.41) is 4.01. The van der Waals surface area contributed by atoms with Crippen molar-refractivity contribution in [3.8, 4) is 17.2 Å². The van der Waals surface area contributed by atoms with E-state index in [9.17, 15) is 9.59 Å². The molecule has 2 fully saturated rings. The zero-order valence-electron chi connectivity index (χ0n) is 21.5. The van der Waals surface area contributed by atoms with E-state index in [4.69, 9.17) is 18.9 Å². The van der Waals surface area contributed by atoms with Gasteiger partial charge in [0.15, 0.2) is 5.72 Å². The van der Waals surface area contributed by atoms with Gasteiger partial charge in [0.25, 0.3) is 11.8 Å². The average Bonchev–Trinajstić information content (AvgIpc) is 2.97. The Kier molecular flexibility index (Phi) is 6.29. The Morgan fingerprint density at radius 3 is 2.53 bits per heavy atom. The first-order valence-electron chi connectivity index (χ1n) is 12.8. The third kappa shape index (κ3) is 4.00. The van der Waals surface area contributed by atoms with E-state index in [-0.39, 0.29) is 5.69 Å². The SMILES string of the molecule is COc1cc(C(=O)N2C(=O)c3cc(N4CCOCC4)ccc3OC23CCNCC3)nc2c(OC)cccc12. The maximum atomic E-state index is 14.2. The number of ether oxygens (including phenoxy) is 4. The molecule has 198 valence electrons. The van der Waals surface area contributed by atoms with Gasteiger partial charge in [-0.2, -0.15) is 0 Å². The highest BCUT2D eigenvalue weighted by Gasteiger charge is 2.51. The maximum absolute atomic E-state index is 14.2. The number of para-hydroxylation sites is 1. The number of carbonyl (C=O) groups is 2. The van der Waals surface area contributed by atoms with E-state index in [0.717, 1.165) is 18.8 Å². The van der Waals surface area contributed by atoms with E-state index in [1.807, 2.05) is 30.3 Å². The lowest BCUT2D eigenvalue weighted by atomic mass is 9.94. The lowest BCUT2D eigenvalue weighted by Gasteiger charge is -2.47. The molecule has 38 heavy (non-hydrogen) atoms. The van der Waals surface area contributed by atoms with Crippen LogP contribution in [0.2, 0.25) is 0 Å². The first-order valence-corrected chi connectivity index (χ1v) is 12.8. The number of anilines is 1. The lowest BCUT2D eigenvalue weighted by molar-refractivity contribution is -0.0778. The second-order valence-corrected chi connectivity index (χ2v) is 9.59. The van der Waals surface area contributed by atoms with Crippen molar-refractivity contribution in [2.75, 3.05) is 58.5 Å². The molecule has 4 heterocycles. The number of imide groups is 1. The predicted octanol–water partition coefficient (Wildman–Crippen LogP) is 2.84. The van der Waals surface area contributed by atoms with E-state index >= 15 is 0 Å². The van der Waals surface area contributed by atoms with Gasteiger partial charge < -0.3 is 29.2 Å². The zero-order valence-corrected chi connectivity index (χ0v) is 21.5. The smallest absolute Gasteiger partial charge is 0.282 e. The van der Waals surface area contributed by atoms with Gasteiger partial charge in [-0.25, -0.2) is 9.88 Å². The number of morpholine rings is 1. The van der Waals surface area contributed by atoms with Crippen LogP contribution in [0, 0.1) is 0 Å². The molecule has 3 aliphatic rings. The van der Waals surface area contributed by atoms with Crippen LogP contribution in [0.4, 0.5) is 5.69 Å². The number of nitrogens with zero attached hydrogens (tertiary/aromatic N) is 3. The van der Waals surface area contributed by atoms with Crippen LogP contribution in [0.25, 0.3) is 10.9 Å². The molecule has 2 saturated heterocycles. The highest BCUT2D eigenvalue weighted by Crippen LogP contribution is 2.41. The molecule has 1 aromatic heterocycles. The molecule has 10 heteroatoms. The lowest BCUT2D eigenvalue weighted by Crippen LogP contribution is -2.64. The molecule has 3 aliphatic heterocycles. The summed E-state index contributed by atoms with van der Waals surface area (Å²) in [5.41, 5.74) is 0.709. The van der Waals surface area contributed by atoms with E-state index in [2.05, 4.69) is 15.2 Å². The second kappa shape index (κ2) is 9.77. The topological polar surface area (TPSA) is 102 Å². The minimum Gasteiger partial charge on any atom is -0.496 e. The van der Waals surface area contributed by atoms with Crippen LogP contribution in [-0.2, 0) is 4.74 Å². The predicted molar refractivity (Wildman–Crippen MR) is 140 cm³/mol. The highest BCUT2D eigenvalue weighted by atomic mass is 16.5. The number of amides is 2. The van der Waals surface area contributed by atoms with Crippen molar-refractivity contribution < 1.29 is 28.5 Å². The summed E-state index contributed by atoms with van der Waals surface area (Å²) in [4.78, 5) is 36.4. The summed E-state index contributed by atoms with van der Waals surface area (Å²) in [6, 6.07) is 12.7. The summed E-state index contributed by atoms with van der Waals surface area (Å²) in [7, 11) is 3.09. The fourth-order valence-electron chi connectivity index (χ4n) is 5.52. The van der Waals surface area contributed by atoms with Gasteiger partial charge >= 0.3 is 0 Å². The van der Waals surface area contributed by atoms with Gasteiger partial charge in [0.2, 0.25) is 0 Å². The van der Waals surface area contributed by atoms with Crippen LogP contribution in [0.5, 0.6) is 17.2 Å². The van der Waals surface area contributed by atoms with Crippen molar-refractivity contribution in [2.24, 2.45) is 0 Å². The summed E-state index contributed by atoms with van der Waals surface area (Å²) in [6.45, 7) is 3.94. The molecule has 0 bridgehead atoms. The second-order valence-electron chi connectivity index (χ2n) is 9.59. The standard InChI is InChI=1S/C28H30N4O6/c1-35-23-5-3-4-19-24(36-2)17-21(30-25(19)23)27(34)32-26(33)20-16-18(31-12-14-37-15-13-31)6-7-22(20)38-28(32)8-10-29-11-9-28/h3-7,16-17,29H,8-15H2,1-2H3. The molecular formula is C28H30N4O6. The highest BCUT2D eigenvalue weighted by molar-refractivity contribution is 6.13. The van der Waals surface area contributed by atoms with Gasteiger partial charge in [0.1, 0.15) is 28.5 Å². The van der Waals surface area contributed by atoms with Gasteiger partial charge in [-0.05, 0) is 30.3 Å². The molecule has 0 atom stereocenters. The molecule has 2 aromatic carbocycles. The van der Waals surface area contributed by atoms with Crippen LogP contribution in [0.15, 0.2) is 42.5 Å². The largest absolute Gasteiger partial charge is 0.496 e. The molecular weight excluding hydrogens is 488 g/mol. The minimum atomic E-state index is -1.11. The number of carbonyl (C=O) groups excluding carboxylic acids is 2. The molecule has 0 radical (unpaired) electrons. The third-order valence-electron chi connectivity index (χ3n) is 7.49. The summed E-state index contributed by atoms with van der Waals surface area (Å²) in [5.74, 6) is 0.536. The van der Waals surface area contributed by atoms with E-state index in [0.29, 0.717) is 72.9 Å². The Morgan fingerprint density at radius 1 is 1.03 bits per heavy atom. The molecule has 10 nitrogen and oxygen atoms in total. The number of aromatic nitrogens is 1. The fraction of sp³-hybridized carbons (Fsp3) is 0.393. The van der Waals surface area contributed by atoms with Crippen molar-refractivity contribution in [1.29, 1.82) is 0 Å². The minimum absolute atomic E-state index is 0.0847. The van der Waals surface area contributed by atoms with Crippen molar-refractivity contribution in [2.45, 2.75) is 18.6 Å². The number of nitrogens with one attached hydrogen (secondary N) is 1. The van der Waals surface area contributed by atoms with Crippen LogP contribution in [-0.4, -0.2) is 81.0 Å². The van der Waals surface area contributed by atoms with Crippen molar-refractivity contribution in [1.82, 2.24) is 15.2 Å². The molecule has 1 spiro atoms. The molecule has 2 amide bonds. The first-order chi connectivity index (χ1) is 18.5. The number of rotatable bonds is 4. The van der Waals surface area contributed by atoms with E-state index in [1.165, 1.54) is 12.0 Å². The molecule has 6 rings (SSSR count). The normalized spacial score (nSPS) is 18.7. The summed E-state index contributed by atoms with van der Waals surface area (Å²) >= 11 is 0. The Labute approximate surface area is 220 Å². The first kappa shape index (κ1) is 24.4. The Hall–Kier alpha value is -3.89. The number of benzene rings is 2. The van der Waals surface area contributed by atoms with E-state index in [1.54, 1.807) is 19.2 Å². The third-order valence-corrected chi connectivity index (χ3v) is 7.49. The maximum Gasteiger partial charge on any atom is 0.282 e. The van der Waals surface area contributed by atoms with Gasteiger partial charge in [-0.1, -0.05) is 6.07 Å². The van der Waals surface area contributed by atoms with Gasteiger partial charge in [0.05, 0.1) is 33.0 Å². The van der Waals surface area contributed by atoms with Crippen LogP contribution >= 0.6 is 0 Å². The van der Waals surface area contributed by atoms with Gasteiger partial charge in [-0.3, -0.25) is 9.59 Å². The number of hydrogen-bond acceptors (Lipinski definition) is 9. The fourth-order valence-corrected chi connectivity index (χ4v) is 5.52. The molecule has 0 aliphatic carbocycles. The number of hydrogen-bond donors (Lipinski definition) is 1. The number of methoxy groups -OCH3 is 2. The number of fused-ring (bicyclic) bond motifs is 2. The molecule has 1 N–H and O–H groups in total. The summed E-state index contributed by atoms with van der Waals surface area (Å²) < 4.78 is 23.1. The van der Waals surface area contributed by atoms with Crippen LogP contribution in [0.3, 0.4) is 0 Å². The van der Waals surface area contributed by atoms with E-state index < -0.39 is 17.5 Å². The number of piperidine rings is 1. The zero-order chi connectivity index (χ0) is 26.3. The van der Waals surface area contributed by atoms with Crippen molar-refractivity contribution >= 4 is 28.4 Å². The van der Waals surface area contributed by atoms with Gasteiger partial charge in [-0.15, -0.1) is 0 Å². The quantitative estimate of drug-likeness (QED) is 0.523. The van der Waals surface area contributed by atoms with Crippen molar-refractivity contribution in [3.05, 3.63) is 53.7 Å². The number of pyridine rings is 1. The van der Waals surface area contributed by atoms with Crippen LogP contribution < -0.4 is 24.4 Å². The summed E-state index contributed by atoms with van der Waals surface area (Å²) in [6.07, 6.45) is 0.923. The van der Waals surface area contributed by atoms with Crippen molar-refractivity contribution in [3.63, 3.8) is 0 Å². The van der Waals surface area contributed by atoms with Crippen LogP contribution in [0.1, 0.15) is 33.7 Å². The monoisotopic (exact) mass is 518 g/mol. The van der Waals surface area contributed by atoms with Gasteiger partial charge in [0, 0.05) is 56.2 Å². The average molecular weight is 519 g/mol. The Balaban J connectivity index is 1.45. The molecule has 0 saturated carbocycles.